The zero-order valence-electron chi connectivity index (χ0n) is 50.8. The van der Waals surface area contributed by atoms with Crippen molar-refractivity contribution in [1.29, 1.82) is 0 Å². The Balaban J connectivity index is 0.000000197. The first-order chi connectivity index (χ1) is 43.3. The Bertz CT molecular complexity index is 3200. The molecule has 0 radical (unpaired) electrons. The van der Waals surface area contributed by atoms with Crippen LogP contribution in [0.5, 0.6) is 0 Å². The molecule has 8 aromatic rings. The lowest BCUT2D eigenvalue weighted by molar-refractivity contribution is 0.321. The van der Waals surface area contributed by atoms with Gasteiger partial charge in [-0.3, -0.25) is 9.53 Å². The molecule has 0 bridgehead atoms. The molecule has 0 spiro atoms. The molecular weight excluding hydrogens is 1360 g/mol. The van der Waals surface area contributed by atoms with Gasteiger partial charge in [0.15, 0.2) is 0 Å². The van der Waals surface area contributed by atoms with Crippen molar-refractivity contribution in [2.24, 2.45) is 0 Å². The molecule has 20 heteroatoms. The second-order valence-electron chi connectivity index (χ2n) is 21.4. The molecular formula is C70H74F12IN3P4. The summed E-state index contributed by atoms with van der Waals surface area (Å²) in [5.74, 6) is -14.4. The number of unbranched alkanes of at least 4 members (excludes halogenated alkanes) is 2. The van der Waals surface area contributed by atoms with E-state index in [0.717, 1.165) is 36.9 Å². The van der Waals surface area contributed by atoms with Crippen LogP contribution in [0.3, 0.4) is 0 Å². The summed E-state index contributed by atoms with van der Waals surface area (Å²) >= 11 is 1.46. The van der Waals surface area contributed by atoms with Crippen LogP contribution in [0, 0.1) is 69.8 Å². The van der Waals surface area contributed by atoms with Gasteiger partial charge in [0.1, 0.15) is 69.8 Å². The smallest absolute Gasteiger partial charge is 0.138 e. The second-order valence-corrected chi connectivity index (χ2v) is 33.0. The molecule has 0 aromatic heterocycles. The Morgan fingerprint density at radius 1 is 0.400 bits per heavy atom. The summed E-state index contributed by atoms with van der Waals surface area (Å²) in [7, 11) is -4.08. The van der Waals surface area contributed by atoms with Crippen LogP contribution in [-0.2, 0) is 0 Å². The zero-order valence-corrected chi connectivity index (χ0v) is 56.5. The predicted molar refractivity (Wildman–Crippen MR) is 359 cm³/mol. The third-order valence-corrected chi connectivity index (χ3v) is 29.8. The Labute approximate surface area is 540 Å². The van der Waals surface area contributed by atoms with Gasteiger partial charge in [-0.2, -0.15) is 0 Å². The van der Waals surface area contributed by atoms with Crippen LogP contribution in [0.4, 0.5) is 52.7 Å². The highest BCUT2D eigenvalue weighted by atomic mass is 127. The molecule has 1 N–H and O–H groups in total. The molecule has 0 unspecified atom stereocenters. The SMILES string of the molecule is CCCCN(P(c1c(F)cc(F)cc1F)c1c(F)cc(F)cc1F)P1[C@@H](c2ccccc2)CC[C@@H]1c1ccccc1.CCCCNP1[C@H](c2ccccc2)CC[C@H]1c1ccccc1.CCN(CC)CC.Fc1cc(F)c(P(I)c2c(F)cc(F)cc2F)c(F)c1. The van der Waals surface area contributed by atoms with Gasteiger partial charge < -0.3 is 4.90 Å². The van der Waals surface area contributed by atoms with Crippen molar-refractivity contribution in [2.45, 2.75) is 109 Å². The van der Waals surface area contributed by atoms with Crippen molar-refractivity contribution < 1.29 is 52.7 Å². The van der Waals surface area contributed by atoms with E-state index in [2.05, 4.69) is 98.3 Å². The maximum Gasteiger partial charge on any atom is 0.138 e. The minimum atomic E-state index is -2.55. The van der Waals surface area contributed by atoms with Crippen molar-refractivity contribution in [3.8, 4) is 0 Å². The summed E-state index contributed by atoms with van der Waals surface area (Å²) in [5.41, 5.74) is 4.27. The molecule has 2 heterocycles. The molecule has 2 saturated heterocycles. The van der Waals surface area contributed by atoms with Crippen LogP contribution in [0.2, 0.25) is 0 Å². The first-order valence-corrected chi connectivity index (χ1v) is 38.5. The maximum atomic E-state index is 15.6. The number of halogens is 13. The van der Waals surface area contributed by atoms with Gasteiger partial charge in [0.25, 0.3) is 0 Å². The molecule has 0 amide bonds. The van der Waals surface area contributed by atoms with Gasteiger partial charge in [0.05, 0.1) is 21.2 Å². The van der Waals surface area contributed by atoms with E-state index in [1.165, 1.54) is 78.5 Å². The Hall–Kier alpha value is -4.75. The average Bonchev–Trinajstić information content (AvgIpc) is 1.49. The fraction of sp³-hybridized carbons (Fsp3) is 0.314. The molecule has 2 fully saturated rings. The van der Waals surface area contributed by atoms with Crippen LogP contribution < -0.4 is 26.3 Å². The molecule has 3 nitrogen and oxygen atoms in total. The third kappa shape index (κ3) is 19.0. The summed E-state index contributed by atoms with van der Waals surface area (Å²) in [4.78, 5) is 2.38. The topological polar surface area (TPSA) is 18.5 Å². The molecule has 10 rings (SSSR count). The number of rotatable bonds is 20. The van der Waals surface area contributed by atoms with Crippen LogP contribution in [0.25, 0.3) is 0 Å². The zero-order chi connectivity index (χ0) is 65.0. The summed E-state index contributed by atoms with van der Waals surface area (Å²) in [6, 6.07) is 45.6. The fourth-order valence-electron chi connectivity index (χ4n) is 11.2. The lowest BCUT2D eigenvalue weighted by atomic mass is 10.0. The summed E-state index contributed by atoms with van der Waals surface area (Å²) < 4.78 is 172. The predicted octanol–water partition coefficient (Wildman–Crippen LogP) is 21.3. The molecule has 2 aliphatic heterocycles. The lowest BCUT2D eigenvalue weighted by Crippen LogP contribution is -2.33. The highest BCUT2D eigenvalue weighted by Crippen LogP contribution is 2.76. The highest BCUT2D eigenvalue weighted by Gasteiger charge is 2.47. The number of hydrogen-bond acceptors (Lipinski definition) is 3. The molecule has 0 saturated carbocycles. The first-order valence-electron chi connectivity index (χ1n) is 30.2. The van der Waals surface area contributed by atoms with Crippen molar-refractivity contribution >= 4 is 73.0 Å². The van der Waals surface area contributed by atoms with Gasteiger partial charge in [-0.1, -0.05) is 169 Å². The van der Waals surface area contributed by atoms with E-state index in [0.29, 0.717) is 72.8 Å². The van der Waals surface area contributed by atoms with Crippen LogP contribution in [0.1, 0.15) is 131 Å². The normalized spacial score (nSPS) is 16.7. The summed E-state index contributed by atoms with van der Waals surface area (Å²) in [6.45, 7) is 15.8. The van der Waals surface area contributed by atoms with Crippen molar-refractivity contribution in [3.63, 3.8) is 0 Å². The van der Waals surface area contributed by atoms with Crippen molar-refractivity contribution in [3.05, 3.63) is 262 Å². The Morgan fingerprint density at radius 2 is 0.678 bits per heavy atom. The van der Waals surface area contributed by atoms with E-state index in [1.807, 2.05) is 72.0 Å². The van der Waals surface area contributed by atoms with E-state index in [4.69, 9.17) is 0 Å². The Kier molecular flexibility index (Phi) is 29.1. The van der Waals surface area contributed by atoms with Gasteiger partial charge >= 0.3 is 0 Å². The number of nitrogens with one attached hydrogen (secondary N) is 1. The van der Waals surface area contributed by atoms with Crippen LogP contribution >= 0.6 is 51.8 Å². The quantitative estimate of drug-likeness (QED) is 0.0355. The van der Waals surface area contributed by atoms with Gasteiger partial charge in [-0.05, 0) is 125 Å². The second kappa shape index (κ2) is 36.1. The van der Waals surface area contributed by atoms with Crippen molar-refractivity contribution in [1.82, 2.24) is 14.4 Å². The largest absolute Gasteiger partial charge is 0.304 e. The van der Waals surface area contributed by atoms with E-state index in [1.54, 1.807) is 0 Å². The summed E-state index contributed by atoms with van der Waals surface area (Å²) in [5, 5.41) is 1.50. The molecule has 8 aromatic carbocycles. The fourth-order valence-corrected chi connectivity index (χ4v) is 25.8. The van der Waals surface area contributed by atoms with Gasteiger partial charge in [-0.25, -0.2) is 52.7 Å². The number of hydrogen-bond donors (Lipinski definition) is 1. The minimum absolute atomic E-state index is 0.0589. The van der Waals surface area contributed by atoms with Crippen LogP contribution in [0.15, 0.2) is 170 Å². The summed E-state index contributed by atoms with van der Waals surface area (Å²) in [6.07, 6.45) is 8.02. The molecule has 480 valence electrons. The minimum Gasteiger partial charge on any atom is -0.304 e. The molecule has 0 aliphatic carbocycles. The van der Waals surface area contributed by atoms with Crippen LogP contribution in [-0.4, -0.2) is 42.1 Å². The van der Waals surface area contributed by atoms with Gasteiger partial charge in [-0.15, -0.1) is 0 Å². The molecule has 2 aliphatic rings. The van der Waals surface area contributed by atoms with E-state index >= 15 is 17.6 Å². The number of benzene rings is 8. The lowest BCUT2D eigenvalue weighted by Gasteiger charge is -2.42. The van der Waals surface area contributed by atoms with Crippen molar-refractivity contribution in [2.75, 3.05) is 32.7 Å². The average molecular weight is 1440 g/mol. The van der Waals surface area contributed by atoms with Gasteiger partial charge in [0, 0.05) is 91.3 Å². The molecule has 4 atom stereocenters. The Morgan fingerprint density at radius 3 is 0.956 bits per heavy atom. The monoisotopic (exact) mass is 1440 g/mol. The third-order valence-electron chi connectivity index (χ3n) is 15.6. The standard InChI is InChI=1S/C32H29F6NP2.C20H26NP.C12H4F6IP.C6H15N/c1-2-3-16-39(40-29(21-10-6-4-7-11-21)14-15-30(40)22-12-8-5-9-13-22)41(31-25(35)17-23(33)18-26(31)36)32-27(37)19-24(34)20-28(32)38;1-2-3-16-21-22-19(17-10-6-4-7-11-17)14-15-20(22)18-12-8-5-9-13-18;13-5-1-7(15)11(8(16)2-5)20(19)12-9(17)3-6(14)4-10(12)18;1-4-7(5-2)6-3/h4-13,17-20,29-30H,2-3,14-16H2,1H3;4-13,19-21H,2-3,14-16H2,1H3;1-4H;4-6H2,1-3H3/t29-,30-;19-,20-;;/m10../s1. The van der Waals surface area contributed by atoms with Gasteiger partial charge in [0.2, 0.25) is 0 Å². The van der Waals surface area contributed by atoms with E-state index < -0.39 is 113 Å². The van der Waals surface area contributed by atoms with E-state index in [-0.39, 0.29) is 19.4 Å². The number of nitrogens with zero attached hydrogens (tertiary/aromatic N) is 2. The first kappa shape index (κ1) is 72.7. The maximum absolute atomic E-state index is 15.6. The van der Waals surface area contributed by atoms with E-state index in [9.17, 15) is 35.1 Å². The highest BCUT2D eigenvalue weighted by molar-refractivity contribution is 14.2. The molecule has 90 heavy (non-hydrogen) atoms.